The van der Waals surface area contributed by atoms with Crippen LogP contribution in [0.3, 0.4) is 0 Å². The zero-order valence-corrected chi connectivity index (χ0v) is 31.8. The SMILES string of the molecule is CCC(C)(CC)c1cc(C(C)(C)C)cc(C=Nc2ccccc2N=Cc2cc(C(C)(C)C)cc(C(C)(CC)CC)c2O)c1O.[CH3-].[Co]. The van der Waals surface area contributed by atoms with Crippen LogP contribution in [-0.2, 0) is 38.4 Å². The van der Waals surface area contributed by atoms with Crippen molar-refractivity contribution in [3.05, 3.63) is 89.3 Å². The molecule has 0 aromatic heterocycles. The van der Waals surface area contributed by atoms with Crippen LogP contribution in [0, 0.1) is 7.43 Å². The number of aliphatic imine (C=N–C) groups is 2. The van der Waals surface area contributed by atoms with Gasteiger partial charge in [0.25, 0.3) is 0 Å². The molecule has 255 valence electrons. The van der Waals surface area contributed by atoms with Crippen molar-refractivity contribution in [3.8, 4) is 11.5 Å². The van der Waals surface area contributed by atoms with E-state index < -0.39 is 0 Å². The maximum absolute atomic E-state index is 11.5. The first-order chi connectivity index (χ1) is 20.4. The van der Waals surface area contributed by atoms with Crippen molar-refractivity contribution in [1.82, 2.24) is 0 Å². The summed E-state index contributed by atoms with van der Waals surface area (Å²) in [5, 5.41) is 23.0. The van der Waals surface area contributed by atoms with Gasteiger partial charge in [-0.3, -0.25) is 9.98 Å². The molecule has 0 atom stereocenters. The third-order valence-corrected chi connectivity index (χ3v) is 10.00. The Labute approximate surface area is 291 Å². The number of phenols is 2. The molecule has 0 bridgehead atoms. The van der Waals surface area contributed by atoms with E-state index in [2.05, 4.69) is 107 Å². The van der Waals surface area contributed by atoms with E-state index in [-0.39, 0.29) is 45.9 Å². The first kappa shape index (κ1) is 41.1. The molecule has 3 aromatic carbocycles. The Hall–Kier alpha value is -2.89. The fourth-order valence-corrected chi connectivity index (χ4v) is 5.52. The maximum Gasteiger partial charge on any atom is 0.128 e. The summed E-state index contributed by atoms with van der Waals surface area (Å²) in [5.41, 5.74) is 6.65. The second kappa shape index (κ2) is 15.8. The Balaban J connectivity index is 0.00000529. The first-order valence-electron chi connectivity index (χ1n) is 16.4. The van der Waals surface area contributed by atoms with Crippen LogP contribution in [-0.4, -0.2) is 22.6 Å². The minimum Gasteiger partial charge on any atom is -0.507 e. The third-order valence-electron chi connectivity index (χ3n) is 10.00. The van der Waals surface area contributed by atoms with Gasteiger partial charge >= 0.3 is 0 Å². The van der Waals surface area contributed by atoms with Crippen LogP contribution in [0.2, 0.25) is 0 Å². The van der Waals surface area contributed by atoms with Crippen molar-refractivity contribution in [2.24, 2.45) is 9.98 Å². The summed E-state index contributed by atoms with van der Waals surface area (Å²) in [6.45, 7) is 26.3. The number of rotatable bonds is 10. The molecule has 5 heteroatoms. The molecule has 0 heterocycles. The van der Waals surface area contributed by atoms with Crippen LogP contribution < -0.4 is 0 Å². The summed E-state index contributed by atoms with van der Waals surface area (Å²) in [5.74, 6) is 0.584. The molecule has 0 aliphatic rings. The molecule has 0 fully saturated rings. The predicted octanol–water partition coefficient (Wildman–Crippen LogP) is 11.8. The summed E-state index contributed by atoms with van der Waals surface area (Å²) < 4.78 is 0. The van der Waals surface area contributed by atoms with Crippen molar-refractivity contribution in [3.63, 3.8) is 0 Å². The molecule has 0 unspecified atom stereocenters. The van der Waals surface area contributed by atoms with Gasteiger partial charge in [-0.15, -0.1) is 0 Å². The van der Waals surface area contributed by atoms with Crippen LogP contribution in [0.5, 0.6) is 11.5 Å². The first-order valence-corrected chi connectivity index (χ1v) is 16.4. The van der Waals surface area contributed by atoms with Crippen LogP contribution >= 0.6 is 0 Å². The minimum absolute atomic E-state index is 0. The third kappa shape index (κ3) is 8.92. The molecule has 4 nitrogen and oxygen atoms in total. The number of nitrogens with zero attached hydrogens (tertiary/aromatic N) is 2. The van der Waals surface area contributed by atoms with Crippen molar-refractivity contribution < 1.29 is 27.0 Å². The van der Waals surface area contributed by atoms with Gasteiger partial charge in [0, 0.05) is 51.5 Å². The molecule has 46 heavy (non-hydrogen) atoms. The van der Waals surface area contributed by atoms with Gasteiger partial charge in [0.15, 0.2) is 0 Å². The summed E-state index contributed by atoms with van der Waals surface area (Å²) in [6, 6.07) is 16.2. The standard InChI is InChI=1S/C40H56N2O2.CH3.Co/c1-13-39(11,14-2)31-23-29(37(5,6)7)21-27(35(31)43)25-41-33-19-17-18-20-34(33)42-26-28-22-30(38(8,9)10)24-32(36(28)44)40(12,15-3)16-4;;/h17-26,43-44H,13-16H2,1-12H3;1H3;/q;-1;. The van der Waals surface area contributed by atoms with E-state index in [4.69, 9.17) is 9.98 Å². The zero-order valence-electron chi connectivity index (χ0n) is 30.7. The Morgan fingerprint density at radius 2 is 0.870 bits per heavy atom. The molecule has 3 aromatic rings. The fraction of sp³-hybridized carbons (Fsp3) is 0.488. The van der Waals surface area contributed by atoms with Crippen LogP contribution in [0.15, 0.2) is 58.5 Å². The molecule has 0 aliphatic heterocycles. The van der Waals surface area contributed by atoms with E-state index in [0.29, 0.717) is 34.0 Å². The van der Waals surface area contributed by atoms with E-state index in [0.717, 1.165) is 36.8 Å². The van der Waals surface area contributed by atoms with E-state index in [1.807, 2.05) is 24.3 Å². The second-order valence-electron chi connectivity index (χ2n) is 15.0. The average Bonchev–Trinajstić information content (AvgIpc) is 2.98. The Morgan fingerprint density at radius 3 is 1.13 bits per heavy atom. The predicted molar refractivity (Wildman–Crippen MR) is 197 cm³/mol. The molecule has 0 aliphatic carbocycles. The Kier molecular flexibility index (Phi) is 14.1. The van der Waals surface area contributed by atoms with Gasteiger partial charge in [-0.25, -0.2) is 0 Å². The van der Waals surface area contributed by atoms with Crippen molar-refractivity contribution in [2.75, 3.05) is 0 Å². The molecular formula is C41H59CoN2O2-. The van der Waals surface area contributed by atoms with Gasteiger partial charge in [-0.05, 0) is 82.7 Å². The number of para-hydroxylation sites is 2. The molecule has 2 N–H and O–H groups in total. The van der Waals surface area contributed by atoms with Crippen molar-refractivity contribution in [1.29, 1.82) is 0 Å². The zero-order chi connectivity index (χ0) is 33.1. The van der Waals surface area contributed by atoms with Crippen molar-refractivity contribution >= 4 is 23.8 Å². The summed E-state index contributed by atoms with van der Waals surface area (Å²) >= 11 is 0. The quantitative estimate of drug-likeness (QED) is 0.167. The fourth-order valence-electron chi connectivity index (χ4n) is 5.52. The monoisotopic (exact) mass is 670 g/mol. The Bertz CT molecular complexity index is 1400. The topological polar surface area (TPSA) is 65.2 Å². The van der Waals surface area contributed by atoms with E-state index in [1.54, 1.807) is 12.4 Å². The van der Waals surface area contributed by atoms with Gasteiger partial charge in [0.1, 0.15) is 11.5 Å². The molecule has 3 rings (SSSR count). The van der Waals surface area contributed by atoms with E-state index >= 15 is 0 Å². The van der Waals surface area contributed by atoms with E-state index in [1.165, 1.54) is 11.1 Å². The molecule has 0 amide bonds. The molecule has 1 radical (unpaired) electrons. The maximum atomic E-state index is 11.5. The number of hydrogen-bond donors (Lipinski definition) is 2. The van der Waals surface area contributed by atoms with Gasteiger partial charge in [-0.2, -0.15) is 0 Å². The molecule has 0 saturated heterocycles. The van der Waals surface area contributed by atoms with Crippen LogP contribution in [0.1, 0.15) is 142 Å². The minimum atomic E-state index is -0.135. The number of hydrogen-bond acceptors (Lipinski definition) is 4. The van der Waals surface area contributed by atoms with E-state index in [9.17, 15) is 10.2 Å². The van der Waals surface area contributed by atoms with Gasteiger partial charge in [-0.1, -0.05) is 107 Å². The second-order valence-corrected chi connectivity index (χ2v) is 15.0. The molecule has 0 spiro atoms. The summed E-state index contributed by atoms with van der Waals surface area (Å²) in [4.78, 5) is 9.70. The number of aromatic hydroxyl groups is 2. The Morgan fingerprint density at radius 1 is 0.565 bits per heavy atom. The van der Waals surface area contributed by atoms with Gasteiger partial charge in [0.05, 0.1) is 11.4 Å². The smallest absolute Gasteiger partial charge is 0.128 e. The number of phenolic OH excluding ortho intramolecular Hbond substituents is 2. The molecule has 0 saturated carbocycles. The van der Waals surface area contributed by atoms with Gasteiger partial charge in [0.2, 0.25) is 0 Å². The summed E-state index contributed by atoms with van der Waals surface area (Å²) in [7, 11) is 0. The normalized spacial score (nSPS) is 12.8. The largest absolute Gasteiger partial charge is 0.507 e. The average molecular weight is 671 g/mol. The van der Waals surface area contributed by atoms with Crippen LogP contribution in [0.25, 0.3) is 0 Å². The van der Waals surface area contributed by atoms with Gasteiger partial charge < -0.3 is 17.6 Å². The molecular weight excluding hydrogens is 611 g/mol. The summed E-state index contributed by atoms with van der Waals surface area (Å²) in [6.07, 6.45) is 7.24. The van der Waals surface area contributed by atoms with Crippen molar-refractivity contribution in [2.45, 2.75) is 130 Å². The van der Waals surface area contributed by atoms with Crippen LogP contribution in [0.4, 0.5) is 11.4 Å². The number of benzene rings is 3.